The Balaban J connectivity index is 1.57. The minimum Gasteiger partial charge on any atom is -0.493 e. The molecular weight excluding hydrogens is 430 g/mol. The van der Waals surface area contributed by atoms with E-state index in [0.717, 1.165) is 12.0 Å². The van der Waals surface area contributed by atoms with Gasteiger partial charge in [0, 0.05) is 11.8 Å². The maximum Gasteiger partial charge on any atom is 0.244 e. The number of methoxy groups -OCH3 is 2. The van der Waals surface area contributed by atoms with Crippen molar-refractivity contribution in [1.82, 2.24) is 0 Å². The van der Waals surface area contributed by atoms with Gasteiger partial charge in [0.1, 0.15) is 6.54 Å². The molecule has 7 nitrogen and oxygen atoms in total. The number of ether oxygens (including phenoxy) is 2. The number of aliphatic imine (C=N–C) groups is 1. The van der Waals surface area contributed by atoms with Crippen LogP contribution in [0.4, 0.5) is 17.1 Å². The van der Waals surface area contributed by atoms with E-state index in [0.29, 0.717) is 34.3 Å². The molecule has 0 atom stereocenters. The maximum atomic E-state index is 13.3. The molecule has 34 heavy (non-hydrogen) atoms. The number of rotatable bonds is 7. The zero-order valence-corrected chi connectivity index (χ0v) is 19.5. The Hall–Kier alpha value is -4.13. The molecule has 4 rings (SSSR count). The molecule has 0 radical (unpaired) electrons. The SMILES string of the molecule is CCc1ccc(C2=Nc3ccccc3N(CC(=O)Nc3ccc(OC)c(OC)c3)C(=O)C2)cc1. The van der Waals surface area contributed by atoms with Crippen molar-refractivity contribution in [1.29, 1.82) is 0 Å². The van der Waals surface area contributed by atoms with Crippen molar-refractivity contribution in [3.63, 3.8) is 0 Å². The second-order valence-electron chi connectivity index (χ2n) is 7.87. The summed E-state index contributed by atoms with van der Waals surface area (Å²) in [6.45, 7) is 1.96. The van der Waals surface area contributed by atoms with Gasteiger partial charge in [0.05, 0.1) is 37.7 Å². The van der Waals surface area contributed by atoms with Crippen LogP contribution in [0.3, 0.4) is 0 Å². The van der Waals surface area contributed by atoms with Crippen LogP contribution in [-0.4, -0.2) is 38.3 Å². The number of hydrogen-bond acceptors (Lipinski definition) is 5. The average molecular weight is 458 g/mol. The van der Waals surface area contributed by atoms with Gasteiger partial charge in [0.2, 0.25) is 11.8 Å². The van der Waals surface area contributed by atoms with Crippen LogP contribution < -0.4 is 19.7 Å². The molecule has 174 valence electrons. The molecule has 0 bridgehead atoms. The Labute approximate surface area is 199 Å². The molecule has 0 fully saturated rings. The second kappa shape index (κ2) is 10.2. The van der Waals surface area contributed by atoms with Crippen molar-refractivity contribution >= 4 is 34.6 Å². The Morgan fingerprint density at radius 1 is 1.00 bits per heavy atom. The van der Waals surface area contributed by atoms with Gasteiger partial charge in [-0.3, -0.25) is 14.6 Å². The summed E-state index contributed by atoms with van der Waals surface area (Å²) in [7, 11) is 3.08. The van der Waals surface area contributed by atoms with Crippen LogP contribution in [0.1, 0.15) is 24.5 Å². The number of aryl methyl sites for hydroxylation is 1. The molecule has 0 unspecified atom stereocenters. The Morgan fingerprint density at radius 2 is 1.74 bits per heavy atom. The Bertz CT molecular complexity index is 1230. The highest BCUT2D eigenvalue weighted by Crippen LogP contribution is 2.33. The molecule has 2 amide bonds. The first-order chi connectivity index (χ1) is 16.5. The van der Waals surface area contributed by atoms with Crippen molar-refractivity contribution in [2.75, 3.05) is 31.0 Å². The third-order valence-corrected chi connectivity index (χ3v) is 5.71. The largest absolute Gasteiger partial charge is 0.493 e. The molecule has 1 N–H and O–H groups in total. The van der Waals surface area contributed by atoms with E-state index in [4.69, 9.17) is 14.5 Å². The smallest absolute Gasteiger partial charge is 0.244 e. The van der Waals surface area contributed by atoms with Gasteiger partial charge < -0.3 is 19.7 Å². The molecule has 3 aromatic carbocycles. The highest BCUT2D eigenvalue weighted by molar-refractivity contribution is 6.19. The molecule has 1 aliphatic rings. The maximum absolute atomic E-state index is 13.3. The van der Waals surface area contributed by atoms with E-state index >= 15 is 0 Å². The highest BCUT2D eigenvalue weighted by Gasteiger charge is 2.26. The number of fused-ring (bicyclic) bond motifs is 1. The van der Waals surface area contributed by atoms with E-state index in [-0.39, 0.29) is 24.8 Å². The number of anilines is 2. The summed E-state index contributed by atoms with van der Waals surface area (Å²) in [4.78, 5) is 32.5. The first-order valence-corrected chi connectivity index (χ1v) is 11.1. The molecule has 1 aliphatic heterocycles. The van der Waals surface area contributed by atoms with Crippen molar-refractivity contribution in [2.45, 2.75) is 19.8 Å². The number of benzene rings is 3. The number of amides is 2. The Kier molecular flexibility index (Phi) is 6.92. The van der Waals surface area contributed by atoms with Crippen LogP contribution in [0.15, 0.2) is 71.7 Å². The number of nitrogens with zero attached hydrogens (tertiary/aromatic N) is 2. The third kappa shape index (κ3) is 4.93. The minimum atomic E-state index is -0.328. The third-order valence-electron chi connectivity index (χ3n) is 5.71. The van der Waals surface area contributed by atoms with Crippen molar-refractivity contribution in [3.8, 4) is 11.5 Å². The number of para-hydroxylation sites is 2. The number of hydrogen-bond donors (Lipinski definition) is 1. The normalized spacial score (nSPS) is 13.0. The van der Waals surface area contributed by atoms with Crippen LogP contribution in [0.25, 0.3) is 0 Å². The number of nitrogens with one attached hydrogen (secondary N) is 1. The van der Waals surface area contributed by atoms with E-state index in [1.165, 1.54) is 17.6 Å². The van der Waals surface area contributed by atoms with Crippen molar-refractivity contribution in [2.24, 2.45) is 4.99 Å². The fourth-order valence-electron chi connectivity index (χ4n) is 3.88. The zero-order valence-electron chi connectivity index (χ0n) is 19.5. The number of carbonyl (C=O) groups is 2. The van der Waals surface area contributed by atoms with Gasteiger partial charge in [0.25, 0.3) is 0 Å². The van der Waals surface area contributed by atoms with Gasteiger partial charge in [-0.15, -0.1) is 0 Å². The molecule has 0 saturated carbocycles. The first-order valence-electron chi connectivity index (χ1n) is 11.1. The van der Waals surface area contributed by atoms with Crippen molar-refractivity contribution in [3.05, 3.63) is 77.9 Å². The molecule has 3 aromatic rings. The van der Waals surface area contributed by atoms with E-state index in [2.05, 4.69) is 12.2 Å². The predicted octanol–water partition coefficient (Wildman–Crippen LogP) is 4.76. The first kappa shape index (κ1) is 23.0. The molecule has 7 heteroatoms. The lowest BCUT2D eigenvalue weighted by Gasteiger charge is -2.22. The lowest BCUT2D eigenvalue weighted by molar-refractivity contribution is -0.120. The molecule has 0 spiro atoms. The molecular formula is C27H27N3O4. The lowest BCUT2D eigenvalue weighted by Crippen LogP contribution is -2.38. The van der Waals surface area contributed by atoms with E-state index in [1.807, 2.05) is 48.5 Å². The predicted molar refractivity (Wildman–Crippen MR) is 134 cm³/mol. The summed E-state index contributed by atoms with van der Waals surface area (Å²) >= 11 is 0. The van der Waals surface area contributed by atoms with E-state index in [1.54, 1.807) is 25.3 Å². The van der Waals surface area contributed by atoms with Gasteiger partial charge in [-0.2, -0.15) is 0 Å². The summed E-state index contributed by atoms with van der Waals surface area (Å²) in [5.74, 6) is 0.550. The molecule has 0 aromatic heterocycles. The summed E-state index contributed by atoms with van der Waals surface area (Å²) < 4.78 is 10.5. The molecule has 0 aliphatic carbocycles. The van der Waals surface area contributed by atoms with Gasteiger partial charge in [-0.1, -0.05) is 43.3 Å². The van der Waals surface area contributed by atoms with Gasteiger partial charge >= 0.3 is 0 Å². The van der Waals surface area contributed by atoms with E-state index < -0.39 is 0 Å². The summed E-state index contributed by atoms with van der Waals surface area (Å²) in [5, 5.41) is 2.84. The minimum absolute atomic E-state index is 0.101. The molecule has 0 saturated heterocycles. The average Bonchev–Trinajstić information content (AvgIpc) is 3.00. The van der Waals surface area contributed by atoms with Crippen LogP contribution in [0.2, 0.25) is 0 Å². The summed E-state index contributed by atoms with van der Waals surface area (Å²) in [6.07, 6.45) is 1.04. The molecule has 1 heterocycles. The van der Waals surface area contributed by atoms with Crippen LogP contribution in [-0.2, 0) is 16.0 Å². The second-order valence-corrected chi connectivity index (χ2v) is 7.87. The standard InChI is InChI=1S/C27H27N3O4/c1-4-18-9-11-19(12-10-18)22-16-27(32)30(23-8-6-5-7-21(23)29-22)17-26(31)28-20-13-14-24(33-2)25(15-20)34-3/h5-15H,4,16-17H2,1-3H3,(H,28,31). The number of carbonyl (C=O) groups excluding carboxylic acids is 2. The fraction of sp³-hybridized carbons (Fsp3) is 0.222. The Morgan fingerprint density at radius 3 is 2.44 bits per heavy atom. The van der Waals surface area contributed by atoms with Crippen LogP contribution >= 0.6 is 0 Å². The van der Waals surface area contributed by atoms with Gasteiger partial charge in [-0.05, 0) is 41.8 Å². The summed E-state index contributed by atoms with van der Waals surface area (Å²) in [6, 6.07) is 20.6. The van der Waals surface area contributed by atoms with Crippen LogP contribution in [0, 0.1) is 0 Å². The summed E-state index contributed by atoms with van der Waals surface area (Å²) in [5.41, 5.74) is 4.61. The fourth-order valence-corrected chi connectivity index (χ4v) is 3.88. The zero-order chi connectivity index (χ0) is 24.1. The lowest BCUT2D eigenvalue weighted by atomic mass is 10.0. The van der Waals surface area contributed by atoms with Crippen molar-refractivity contribution < 1.29 is 19.1 Å². The monoisotopic (exact) mass is 457 g/mol. The van der Waals surface area contributed by atoms with Gasteiger partial charge in [-0.25, -0.2) is 0 Å². The van der Waals surface area contributed by atoms with E-state index in [9.17, 15) is 9.59 Å². The van der Waals surface area contributed by atoms with Crippen LogP contribution in [0.5, 0.6) is 11.5 Å². The quantitative estimate of drug-likeness (QED) is 0.555. The topological polar surface area (TPSA) is 80.2 Å². The highest BCUT2D eigenvalue weighted by atomic mass is 16.5. The van der Waals surface area contributed by atoms with Gasteiger partial charge in [0.15, 0.2) is 11.5 Å².